The molecule has 33 heavy (non-hydrogen) atoms. The molecule has 180 valence electrons. The number of morpholine rings is 1. The zero-order chi connectivity index (χ0) is 23.8. The molecular formula is C23H30ClN3O5S. The van der Waals surface area contributed by atoms with E-state index in [1.807, 2.05) is 24.3 Å². The molecule has 1 aliphatic rings. The number of hydrogen-bond donors (Lipinski definition) is 2. The van der Waals surface area contributed by atoms with Gasteiger partial charge in [-0.3, -0.25) is 9.69 Å². The van der Waals surface area contributed by atoms with Crippen LogP contribution in [0.25, 0.3) is 0 Å². The minimum absolute atomic E-state index is 0.0326. The van der Waals surface area contributed by atoms with Crippen molar-refractivity contribution in [3.8, 4) is 0 Å². The topological polar surface area (TPSA) is 97.0 Å². The van der Waals surface area contributed by atoms with Crippen LogP contribution in [-0.4, -0.2) is 72.3 Å². The van der Waals surface area contributed by atoms with Crippen molar-refractivity contribution in [3.63, 3.8) is 0 Å². The van der Waals surface area contributed by atoms with Crippen molar-refractivity contribution < 1.29 is 22.7 Å². The number of carbonyl (C=O) groups excluding carboxylic acids is 1. The van der Waals surface area contributed by atoms with Gasteiger partial charge >= 0.3 is 0 Å². The molecule has 2 N–H and O–H groups in total. The second-order valence-corrected chi connectivity index (χ2v) is 9.94. The number of methoxy groups -OCH3 is 1. The van der Waals surface area contributed by atoms with E-state index in [1.54, 1.807) is 13.0 Å². The highest BCUT2D eigenvalue weighted by Crippen LogP contribution is 2.28. The van der Waals surface area contributed by atoms with Gasteiger partial charge in [0.15, 0.2) is 0 Å². The largest absolute Gasteiger partial charge is 0.383 e. The summed E-state index contributed by atoms with van der Waals surface area (Å²) in [4.78, 5) is 15.4. The number of halogens is 1. The molecule has 1 saturated heterocycles. The molecular weight excluding hydrogens is 466 g/mol. The summed E-state index contributed by atoms with van der Waals surface area (Å²) < 4.78 is 37.9. The Morgan fingerprint density at radius 3 is 2.64 bits per heavy atom. The highest BCUT2D eigenvalue weighted by Gasteiger charge is 2.25. The van der Waals surface area contributed by atoms with Crippen LogP contribution in [0.15, 0.2) is 47.4 Å². The zero-order valence-corrected chi connectivity index (χ0v) is 20.4. The second-order valence-electron chi connectivity index (χ2n) is 7.76. The standard InChI is InChI=1S/C23H30ClN3O5S/c1-17-7-8-18(33(29,30)26-9-12-31-2)15-20(17)23(28)25-16-22(27-10-13-32-14-11-27)19-5-3-4-6-21(19)24/h3-8,15,22,26H,9-14,16H2,1-2H3,(H,25,28). The lowest BCUT2D eigenvalue weighted by atomic mass is 10.0. The van der Waals surface area contributed by atoms with E-state index in [0.717, 1.165) is 18.7 Å². The van der Waals surface area contributed by atoms with Crippen molar-refractivity contribution in [2.24, 2.45) is 0 Å². The fraction of sp³-hybridized carbons (Fsp3) is 0.435. The maximum Gasteiger partial charge on any atom is 0.251 e. The molecule has 3 rings (SSSR count). The van der Waals surface area contributed by atoms with Crippen LogP contribution >= 0.6 is 11.6 Å². The molecule has 1 aliphatic heterocycles. The summed E-state index contributed by atoms with van der Waals surface area (Å²) >= 11 is 6.47. The quantitative estimate of drug-likeness (QED) is 0.491. The minimum atomic E-state index is -3.75. The Hall–Kier alpha value is -2.01. The van der Waals surface area contributed by atoms with Gasteiger partial charge in [0.25, 0.3) is 5.91 Å². The average Bonchev–Trinajstić information content (AvgIpc) is 2.81. The number of amides is 1. The molecule has 0 aliphatic carbocycles. The molecule has 10 heteroatoms. The van der Waals surface area contributed by atoms with Crippen LogP contribution in [0.3, 0.4) is 0 Å². The van der Waals surface area contributed by atoms with Crippen LogP contribution in [-0.2, 0) is 19.5 Å². The van der Waals surface area contributed by atoms with E-state index in [0.29, 0.717) is 35.9 Å². The Labute approximate surface area is 200 Å². The lowest BCUT2D eigenvalue weighted by Crippen LogP contribution is -2.44. The number of benzene rings is 2. The SMILES string of the molecule is COCCNS(=O)(=O)c1ccc(C)c(C(=O)NCC(c2ccccc2Cl)N2CCOCC2)c1. The summed E-state index contributed by atoms with van der Waals surface area (Å²) in [6.07, 6.45) is 0. The van der Waals surface area contributed by atoms with Gasteiger partial charge < -0.3 is 14.8 Å². The van der Waals surface area contributed by atoms with Crippen LogP contribution in [0.2, 0.25) is 5.02 Å². The highest BCUT2D eigenvalue weighted by atomic mass is 35.5. The van der Waals surface area contributed by atoms with Gasteiger partial charge in [-0.2, -0.15) is 0 Å². The van der Waals surface area contributed by atoms with Crippen LogP contribution in [0.4, 0.5) is 0 Å². The smallest absolute Gasteiger partial charge is 0.251 e. The molecule has 1 unspecified atom stereocenters. The Morgan fingerprint density at radius 1 is 1.21 bits per heavy atom. The van der Waals surface area contributed by atoms with E-state index in [4.69, 9.17) is 21.1 Å². The molecule has 1 atom stereocenters. The summed E-state index contributed by atoms with van der Waals surface area (Å²) in [6.45, 7) is 5.18. The fourth-order valence-corrected chi connectivity index (χ4v) is 5.03. The van der Waals surface area contributed by atoms with Gasteiger partial charge in [-0.1, -0.05) is 35.9 Å². The summed E-state index contributed by atoms with van der Waals surface area (Å²) in [5, 5.41) is 3.61. The maximum atomic E-state index is 13.1. The molecule has 0 saturated carbocycles. The molecule has 0 spiro atoms. The Kier molecular flexibility index (Phi) is 9.25. The fourth-order valence-electron chi connectivity index (χ4n) is 3.73. The highest BCUT2D eigenvalue weighted by molar-refractivity contribution is 7.89. The summed E-state index contributed by atoms with van der Waals surface area (Å²) in [6, 6.07) is 12.0. The molecule has 1 fully saturated rings. The van der Waals surface area contributed by atoms with Crippen molar-refractivity contribution in [1.29, 1.82) is 0 Å². The van der Waals surface area contributed by atoms with E-state index in [2.05, 4.69) is 14.9 Å². The minimum Gasteiger partial charge on any atom is -0.383 e. The third-order valence-electron chi connectivity index (χ3n) is 5.57. The Morgan fingerprint density at radius 2 is 1.94 bits per heavy atom. The van der Waals surface area contributed by atoms with E-state index >= 15 is 0 Å². The third-order valence-corrected chi connectivity index (χ3v) is 7.37. The first-order chi connectivity index (χ1) is 15.8. The van der Waals surface area contributed by atoms with Crippen LogP contribution in [0.1, 0.15) is 27.5 Å². The van der Waals surface area contributed by atoms with E-state index in [-0.39, 0.29) is 30.0 Å². The van der Waals surface area contributed by atoms with Crippen molar-refractivity contribution in [2.45, 2.75) is 17.9 Å². The molecule has 1 amide bonds. The van der Waals surface area contributed by atoms with Gasteiger partial charge in [0.05, 0.1) is 30.8 Å². The third kappa shape index (κ3) is 6.75. The lowest BCUT2D eigenvalue weighted by molar-refractivity contribution is 0.0162. The maximum absolute atomic E-state index is 13.1. The summed E-state index contributed by atoms with van der Waals surface area (Å²) in [5.41, 5.74) is 1.92. The number of nitrogens with zero attached hydrogens (tertiary/aromatic N) is 1. The number of ether oxygens (including phenoxy) is 2. The first-order valence-electron chi connectivity index (χ1n) is 10.8. The van der Waals surface area contributed by atoms with Crippen LogP contribution < -0.4 is 10.0 Å². The predicted molar refractivity (Wildman–Crippen MR) is 127 cm³/mol. The van der Waals surface area contributed by atoms with Gasteiger partial charge in [-0.25, -0.2) is 13.1 Å². The lowest BCUT2D eigenvalue weighted by Gasteiger charge is -2.35. The predicted octanol–water partition coefficient (Wildman–Crippen LogP) is 2.38. The molecule has 8 nitrogen and oxygen atoms in total. The monoisotopic (exact) mass is 495 g/mol. The van der Waals surface area contributed by atoms with Gasteiger partial charge in [-0.05, 0) is 36.2 Å². The molecule has 2 aromatic rings. The molecule has 1 heterocycles. The van der Waals surface area contributed by atoms with Gasteiger partial charge in [0, 0.05) is 43.9 Å². The van der Waals surface area contributed by atoms with Crippen LogP contribution in [0, 0.1) is 6.92 Å². The Balaban J connectivity index is 1.78. The summed E-state index contributed by atoms with van der Waals surface area (Å²) in [7, 11) is -2.26. The number of carbonyl (C=O) groups is 1. The number of sulfonamides is 1. The zero-order valence-electron chi connectivity index (χ0n) is 18.8. The van der Waals surface area contributed by atoms with Crippen LogP contribution in [0.5, 0.6) is 0 Å². The molecule has 0 aromatic heterocycles. The molecule has 0 radical (unpaired) electrons. The van der Waals surface area contributed by atoms with Crippen molar-refractivity contribution in [1.82, 2.24) is 14.9 Å². The number of hydrogen-bond acceptors (Lipinski definition) is 6. The average molecular weight is 496 g/mol. The second kappa shape index (κ2) is 11.9. The number of nitrogens with one attached hydrogen (secondary N) is 2. The summed E-state index contributed by atoms with van der Waals surface area (Å²) in [5.74, 6) is -0.341. The first-order valence-corrected chi connectivity index (χ1v) is 12.6. The van der Waals surface area contributed by atoms with E-state index < -0.39 is 10.0 Å². The van der Waals surface area contributed by atoms with E-state index in [1.165, 1.54) is 19.2 Å². The normalized spacial score (nSPS) is 15.8. The molecule has 0 bridgehead atoms. The van der Waals surface area contributed by atoms with Crippen molar-refractivity contribution in [3.05, 3.63) is 64.2 Å². The number of aryl methyl sites for hydroxylation is 1. The van der Waals surface area contributed by atoms with Crippen molar-refractivity contribution in [2.75, 3.05) is 53.1 Å². The Bertz CT molecular complexity index is 1060. The van der Waals surface area contributed by atoms with Gasteiger partial charge in [0.1, 0.15) is 0 Å². The number of rotatable bonds is 10. The van der Waals surface area contributed by atoms with Gasteiger partial charge in [-0.15, -0.1) is 0 Å². The van der Waals surface area contributed by atoms with Gasteiger partial charge in [0.2, 0.25) is 10.0 Å². The first kappa shape index (κ1) is 25.6. The van der Waals surface area contributed by atoms with Crippen molar-refractivity contribution >= 4 is 27.5 Å². The molecule has 2 aromatic carbocycles. The van der Waals surface area contributed by atoms with E-state index in [9.17, 15) is 13.2 Å².